The van der Waals surface area contributed by atoms with Crippen LogP contribution in [0.15, 0.2) is 41.6 Å². The Morgan fingerprint density at radius 1 is 1.23 bits per heavy atom. The van der Waals surface area contributed by atoms with Crippen molar-refractivity contribution >= 4 is 28.3 Å². The highest BCUT2D eigenvalue weighted by molar-refractivity contribution is 7.84. The number of hydrogen-bond donors (Lipinski definition) is 1. The van der Waals surface area contributed by atoms with Crippen LogP contribution in [0.25, 0.3) is 5.65 Å². The Bertz CT molecular complexity index is 1270. The number of carbonyl (C=O) groups excluding carboxylic acids is 2. The van der Waals surface area contributed by atoms with E-state index in [4.69, 9.17) is 0 Å². The van der Waals surface area contributed by atoms with Gasteiger partial charge in [0.2, 0.25) is 5.91 Å². The van der Waals surface area contributed by atoms with Crippen molar-refractivity contribution in [2.24, 2.45) is 20.0 Å². The third-order valence-electron chi connectivity index (χ3n) is 6.31. The van der Waals surface area contributed by atoms with Crippen molar-refractivity contribution in [1.82, 2.24) is 28.7 Å². The first kappa shape index (κ1) is 24.9. The Balaban J connectivity index is 1.72. The number of fused-ring (bicyclic) bond motifs is 1. The first-order chi connectivity index (χ1) is 16.8. The Morgan fingerprint density at radius 3 is 2.63 bits per heavy atom. The molecule has 11 heteroatoms. The molecule has 188 valence electrons. The van der Waals surface area contributed by atoms with Gasteiger partial charge in [0.05, 0.1) is 5.69 Å². The summed E-state index contributed by atoms with van der Waals surface area (Å²) in [4.78, 5) is 45.9. The molecule has 4 rings (SSSR count). The highest BCUT2D eigenvalue weighted by atomic mass is 32.2. The van der Waals surface area contributed by atoms with Gasteiger partial charge in [-0.05, 0) is 43.7 Å². The van der Waals surface area contributed by atoms with Crippen LogP contribution in [0.4, 0.5) is 0 Å². The van der Waals surface area contributed by atoms with E-state index in [0.29, 0.717) is 42.4 Å². The van der Waals surface area contributed by atoms with E-state index in [2.05, 4.69) is 10.3 Å². The Kier molecular flexibility index (Phi) is 7.54. The number of carbonyl (C=O) groups is 2. The lowest BCUT2D eigenvalue weighted by molar-refractivity contribution is -0.126. The SMILES string of the molecule is Cn1cc(C(=O)N(CCCCS(C)=O)C(C(=O)NCC2CC2)c2cn3ccccc3n2)n(C)c1=O. The Labute approximate surface area is 206 Å². The van der Waals surface area contributed by atoms with E-state index in [-0.39, 0.29) is 23.8 Å². The second-order valence-corrected chi connectivity index (χ2v) is 10.7. The molecule has 1 saturated carbocycles. The topological polar surface area (TPSA) is 111 Å². The van der Waals surface area contributed by atoms with E-state index in [1.165, 1.54) is 20.2 Å². The summed E-state index contributed by atoms with van der Waals surface area (Å²) in [5.41, 5.74) is 0.999. The molecule has 0 radical (unpaired) electrons. The van der Waals surface area contributed by atoms with Gasteiger partial charge < -0.3 is 19.2 Å². The molecule has 3 heterocycles. The largest absolute Gasteiger partial charge is 0.354 e. The number of unbranched alkanes of at least 4 members (excludes halogenated alkanes) is 1. The number of nitrogens with one attached hydrogen (secondary N) is 1. The van der Waals surface area contributed by atoms with Crippen molar-refractivity contribution in [1.29, 1.82) is 0 Å². The molecular formula is C24H32N6O4S. The standard InChI is InChI=1S/C24H32N6O4S/c1-27-16-19(28(2)24(27)33)23(32)30(12-6-7-13-35(3)34)21(22(31)25-14-17-9-10-17)18-15-29-11-5-4-8-20(29)26-18/h4-5,8,11,15-17,21H,6-7,9-10,12-14H2,1-3H3,(H,25,31). The summed E-state index contributed by atoms with van der Waals surface area (Å²) < 4.78 is 16.0. The molecule has 0 bridgehead atoms. The van der Waals surface area contributed by atoms with Crippen molar-refractivity contribution in [3.8, 4) is 0 Å². The molecule has 1 fully saturated rings. The molecule has 2 atom stereocenters. The Hall–Kier alpha value is -3.21. The average molecular weight is 501 g/mol. The maximum atomic E-state index is 13.8. The van der Waals surface area contributed by atoms with Crippen LogP contribution in [-0.4, -0.2) is 64.5 Å². The summed E-state index contributed by atoms with van der Waals surface area (Å²) in [7, 11) is 2.18. The van der Waals surface area contributed by atoms with Gasteiger partial charge in [0.25, 0.3) is 5.91 Å². The maximum absolute atomic E-state index is 13.8. The fourth-order valence-corrected chi connectivity index (χ4v) is 4.74. The number of aryl methyl sites for hydroxylation is 1. The zero-order valence-electron chi connectivity index (χ0n) is 20.3. The van der Waals surface area contributed by atoms with E-state index >= 15 is 0 Å². The second-order valence-electron chi connectivity index (χ2n) is 9.17. The number of hydrogen-bond acceptors (Lipinski definition) is 5. The van der Waals surface area contributed by atoms with Crippen LogP contribution < -0.4 is 11.0 Å². The predicted molar refractivity (Wildman–Crippen MR) is 134 cm³/mol. The molecule has 3 aromatic heterocycles. The van der Waals surface area contributed by atoms with Crippen LogP contribution in [0.3, 0.4) is 0 Å². The van der Waals surface area contributed by atoms with Crippen LogP contribution in [0.5, 0.6) is 0 Å². The van der Waals surface area contributed by atoms with Crippen LogP contribution in [0.1, 0.15) is 47.9 Å². The smallest absolute Gasteiger partial charge is 0.328 e. The van der Waals surface area contributed by atoms with E-state index in [1.54, 1.807) is 26.5 Å². The van der Waals surface area contributed by atoms with Gasteiger partial charge >= 0.3 is 5.69 Å². The normalized spacial score (nSPS) is 15.2. The predicted octanol–water partition coefficient (Wildman–Crippen LogP) is 1.24. The zero-order valence-corrected chi connectivity index (χ0v) is 21.2. The van der Waals surface area contributed by atoms with Gasteiger partial charge in [-0.25, -0.2) is 9.78 Å². The van der Waals surface area contributed by atoms with Gasteiger partial charge in [-0.1, -0.05) is 6.07 Å². The van der Waals surface area contributed by atoms with Crippen molar-refractivity contribution in [2.75, 3.05) is 25.1 Å². The van der Waals surface area contributed by atoms with Crippen LogP contribution >= 0.6 is 0 Å². The van der Waals surface area contributed by atoms with Crippen molar-refractivity contribution in [3.63, 3.8) is 0 Å². The number of pyridine rings is 1. The fraction of sp³-hybridized carbons (Fsp3) is 0.500. The summed E-state index contributed by atoms with van der Waals surface area (Å²) >= 11 is 0. The van der Waals surface area contributed by atoms with Gasteiger partial charge in [0, 0.05) is 68.6 Å². The van der Waals surface area contributed by atoms with Gasteiger partial charge in [-0.2, -0.15) is 0 Å². The second kappa shape index (κ2) is 10.6. The number of imidazole rings is 2. The van der Waals surface area contributed by atoms with Gasteiger partial charge in [0.15, 0.2) is 6.04 Å². The first-order valence-corrected chi connectivity index (χ1v) is 13.5. The van der Waals surface area contributed by atoms with Crippen molar-refractivity contribution < 1.29 is 13.8 Å². The minimum Gasteiger partial charge on any atom is -0.354 e. The molecule has 1 N–H and O–H groups in total. The molecule has 35 heavy (non-hydrogen) atoms. The first-order valence-electron chi connectivity index (χ1n) is 11.8. The van der Waals surface area contributed by atoms with Gasteiger partial charge in [-0.3, -0.25) is 18.4 Å². The van der Waals surface area contributed by atoms with E-state index in [1.807, 2.05) is 28.8 Å². The van der Waals surface area contributed by atoms with Gasteiger partial charge in [0.1, 0.15) is 11.3 Å². The highest BCUT2D eigenvalue weighted by Crippen LogP contribution is 2.29. The summed E-state index contributed by atoms with van der Waals surface area (Å²) in [6.45, 7) is 0.817. The molecule has 3 aromatic rings. The molecule has 0 spiro atoms. The number of aromatic nitrogens is 4. The number of amides is 2. The third-order valence-corrected chi connectivity index (χ3v) is 7.18. The minimum absolute atomic E-state index is 0.195. The molecule has 2 amide bonds. The molecule has 0 aliphatic heterocycles. The molecule has 0 aromatic carbocycles. The van der Waals surface area contributed by atoms with Crippen LogP contribution in [-0.2, 0) is 29.7 Å². The summed E-state index contributed by atoms with van der Waals surface area (Å²) in [5, 5.41) is 3.01. The Morgan fingerprint density at radius 2 is 2.00 bits per heavy atom. The highest BCUT2D eigenvalue weighted by Gasteiger charge is 2.36. The fourth-order valence-electron chi connectivity index (χ4n) is 4.13. The van der Waals surface area contributed by atoms with Crippen molar-refractivity contribution in [2.45, 2.75) is 31.7 Å². The number of nitrogens with zero attached hydrogens (tertiary/aromatic N) is 5. The molecule has 2 unspecified atom stereocenters. The summed E-state index contributed by atoms with van der Waals surface area (Å²) in [6.07, 6.45) is 10.1. The molecule has 1 aliphatic rings. The average Bonchev–Trinajstić information content (AvgIpc) is 3.51. The molecule has 0 saturated heterocycles. The van der Waals surface area contributed by atoms with Gasteiger partial charge in [-0.15, -0.1) is 0 Å². The lowest BCUT2D eigenvalue weighted by Crippen LogP contribution is -2.45. The van der Waals surface area contributed by atoms with E-state index in [9.17, 15) is 18.6 Å². The lowest BCUT2D eigenvalue weighted by atomic mass is 10.1. The monoisotopic (exact) mass is 500 g/mol. The van der Waals surface area contributed by atoms with Crippen LogP contribution in [0, 0.1) is 5.92 Å². The van der Waals surface area contributed by atoms with Crippen LogP contribution in [0.2, 0.25) is 0 Å². The molecular weight excluding hydrogens is 468 g/mol. The minimum atomic E-state index is -0.969. The third kappa shape index (κ3) is 5.72. The number of rotatable bonds is 11. The zero-order chi connectivity index (χ0) is 25.1. The maximum Gasteiger partial charge on any atom is 0.328 e. The van der Waals surface area contributed by atoms with Crippen molar-refractivity contribution in [3.05, 3.63) is 58.7 Å². The molecule has 10 nitrogen and oxygen atoms in total. The van der Waals surface area contributed by atoms with E-state index < -0.39 is 22.7 Å². The van der Waals surface area contributed by atoms with E-state index in [0.717, 1.165) is 12.8 Å². The lowest BCUT2D eigenvalue weighted by Gasteiger charge is -2.30. The summed E-state index contributed by atoms with van der Waals surface area (Å²) in [5.74, 6) is 0.262. The molecule has 1 aliphatic carbocycles. The summed E-state index contributed by atoms with van der Waals surface area (Å²) in [6, 6.07) is 4.60. The quantitative estimate of drug-likeness (QED) is 0.398.